The average Bonchev–Trinajstić information content (AvgIpc) is 2.43. The summed E-state index contributed by atoms with van der Waals surface area (Å²) >= 11 is 0. The van der Waals surface area contributed by atoms with E-state index < -0.39 is 27.8 Å². The van der Waals surface area contributed by atoms with E-state index in [0.717, 1.165) is 5.56 Å². The predicted octanol–water partition coefficient (Wildman–Crippen LogP) is 4.72. The minimum absolute atomic E-state index is 0. The highest BCUT2D eigenvalue weighted by atomic mass is 35.5. The van der Waals surface area contributed by atoms with Crippen LogP contribution in [-0.4, -0.2) is 29.7 Å². The third kappa shape index (κ3) is 8.10. The first kappa shape index (κ1) is 29.2. The minimum Gasteiger partial charge on any atom is -0.407 e. The number of benzene rings is 1. The lowest BCUT2D eigenvalue weighted by molar-refractivity contribution is 0.0801. The van der Waals surface area contributed by atoms with Gasteiger partial charge in [0.15, 0.2) is 16.6 Å². The summed E-state index contributed by atoms with van der Waals surface area (Å²) in [5.74, 6) is -0.331. The van der Waals surface area contributed by atoms with E-state index >= 15 is 4.39 Å². The molecule has 0 fully saturated rings. The Labute approximate surface area is 178 Å². The van der Waals surface area contributed by atoms with Crippen molar-refractivity contribution >= 4 is 41.4 Å². The van der Waals surface area contributed by atoms with E-state index in [0.29, 0.717) is 5.56 Å². The van der Waals surface area contributed by atoms with Gasteiger partial charge in [-0.1, -0.05) is 12.1 Å². The second-order valence-electron chi connectivity index (χ2n) is 8.99. The topological polar surface area (TPSA) is 70.5 Å². The lowest BCUT2D eigenvalue weighted by atomic mass is 9.90. The highest BCUT2D eigenvalue weighted by molar-refractivity contribution is 6.70. The molecule has 0 heterocycles. The van der Waals surface area contributed by atoms with Gasteiger partial charge in [-0.05, 0) is 64.8 Å². The van der Waals surface area contributed by atoms with Gasteiger partial charge in [0.05, 0.1) is 11.2 Å². The third-order valence-electron chi connectivity index (χ3n) is 3.99. The molecule has 2 unspecified atom stereocenters. The largest absolute Gasteiger partial charge is 0.407 e. The molecule has 0 saturated carbocycles. The Morgan fingerprint density at radius 3 is 1.59 bits per heavy atom. The summed E-state index contributed by atoms with van der Waals surface area (Å²) in [7, 11) is -3.74. The van der Waals surface area contributed by atoms with Crippen LogP contribution in [0.15, 0.2) is 18.2 Å². The van der Waals surface area contributed by atoms with Crippen LogP contribution in [0.1, 0.15) is 25.0 Å². The summed E-state index contributed by atoms with van der Waals surface area (Å²) in [5, 5.41) is 0. The molecule has 0 aliphatic heterocycles. The van der Waals surface area contributed by atoms with E-state index in [9.17, 15) is 0 Å². The number of rotatable bonds is 8. The molecule has 0 amide bonds. The summed E-state index contributed by atoms with van der Waals surface area (Å²) in [6, 6.07) is 5.16. The van der Waals surface area contributed by atoms with Crippen molar-refractivity contribution in [3.63, 3.8) is 0 Å². The van der Waals surface area contributed by atoms with Crippen LogP contribution in [0.25, 0.3) is 0 Å². The van der Waals surface area contributed by atoms with Crippen LogP contribution in [0.3, 0.4) is 0 Å². The first-order valence-corrected chi connectivity index (χ1v) is 15.6. The lowest BCUT2D eigenvalue weighted by Crippen LogP contribution is -2.45. The maximum Gasteiger partial charge on any atom is 0.185 e. The van der Waals surface area contributed by atoms with Crippen LogP contribution in [-0.2, 0) is 20.1 Å². The maximum atomic E-state index is 15.0. The maximum absolute atomic E-state index is 15.0. The van der Waals surface area contributed by atoms with Crippen LogP contribution in [0.2, 0.25) is 39.3 Å². The summed E-state index contributed by atoms with van der Waals surface area (Å²) in [5.41, 5.74) is 11.6. The quantitative estimate of drug-likeness (QED) is 0.552. The van der Waals surface area contributed by atoms with Gasteiger partial charge in [0.2, 0.25) is 0 Å². The Morgan fingerprint density at radius 1 is 0.852 bits per heavy atom. The Morgan fingerprint density at radius 2 is 1.26 bits per heavy atom. The van der Waals surface area contributed by atoms with Gasteiger partial charge in [-0.2, -0.15) is 0 Å². The number of hydrogen-bond donors (Lipinski definition) is 2. The Hall–Kier alpha value is 0.00377. The molecule has 0 aliphatic carbocycles. The Kier molecular flexibility index (Phi) is 11.0. The Bertz CT molecular complexity index is 612. The Balaban J connectivity index is 0. The molecular formula is C18H37Cl2FN2O2Si2. The minimum atomic E-state index is -1.89. The molecule has 1 aromatic carbocycles. The molecule has 0 aliphatic rings. The highest BCUT2D eigenvalue weighted by Crippen LogP contribution is 2.34. The molecule has 4 nitrogen and oxygen atoms in total. The molecule has 0 saturated heterocycles. The van der Waals surface area contributed by atoms with Gasteiger partial charge >= 0.3 is 0 Å². The standard InChI is InChI=1S/C18H35FN2O2Si2.2ClH/c1-17(12-20,22-24(3,4)5)14-9-10-15(16(19)11-14)18(2,13-21)23-25(6,7)8;;/h9-11H,12-13,20-21H2,1-8H3;2*1H. The van der Waals surface area contributed by atoms with E-state index in [1.807, 2.05) is 19.9 Å². The van der Waals surface area contributed by atoms with Crippen molar-refractivity contribution in [2.75, 3.05) is 13.1 Å². The van der Waals surface area contributed by atoms with Crippen LogP contribution in [0, 0.1) is 5.82 Å². The van der Waals surface area contributed by atoms with E-state index in [4.69, 9.17) is 20.3 Å². The fourth-order valence-electron chi connectivity index (χ4n) is 3.05. The summed E-state index contributed by atoms with van der Waals surface area (Å²) in [4.78, 5) is 0. The molecule has 9 heteroatoms. The zero-order valence-corrected chi connectivity index (χ0v) is 21.4. The molecule has 0 spiro atoms. The lowest BCUT2D eigenvalue weighted by Gasteiger charge is -2.38. The van der Waals surface area contributed by atoms with Gasteiger partial charge in [0, 0.05) is 18.7 Å². The molecule has 0 radical (unpaired) electrons. The second-order valence-corrected chi connectivity index (χ2v) is 17.9. The monoisotopic (exact) mass is 458 g/mol. The summed E-state index contributed by atoms with van der Waals surface area (Å²) in [6.07, 6.45) is 0. The zero-order valence-electron chi connectivity index (χ0n) is 17.8. The SMILES string of the molecule is CC(CN)(O[Si](C)(C)C)c1ccc(C(C)(CN)O[Si](C)(C)C)c(F)c1.Cl.Cl. The van der Waals surface area contributed by atoms with Crippen LogP contribution in [0.4, 0.5) is 4.39 Å². The molecular weight excluding hydrogens is 422 g/mol. The van der Waals surface area contributed by atoms with E-state index in [-0.39, 0.29) is 43.7 Å². The molecule has 160 valence electrons. The van der Waals surface area contributed by atoms with Crippen molar-refractivity contribution < 1.29 is 13.2 Å². The van der Waals surface area contributed by atoms with Crippen molar-refractivity contribution in [1.82, 2.24) is 0 Å². The second kappa shape index (κ2) is 10.2. The van der Waals surface area contributed by atoms with Gasteiger partial charge in [-0.25, -0.2) is 4.39 Å². The van der Waals surface area contributed by atoms with Gasteiger partial charge in [-0.3, -0.25) is 0 Å². The van der Waals surface area contributed by atoms with E-state index in [1.54, 1.807) is 6.07 Å². The molecule has 0 aromatic heterocycles. The van der Waals surface area contributed by atoms with Crippen molar-refractivity contribution in [1.29, 1.82) is 0 Å². The summed E-state index contributed by atoms with van der Waals surface area (Å²) < 4.78 is 27.4. The molecule has 2 atom stereocenters. The average molecular weight is 460 g/mol. The predicted molar refractivity (Wildman–Crippen MR) is 123 cm³/mol. The number of halogens is 3. The normalized spacial score (nSPS) is 16.6. The molecule has 27 heavy (non-hydrogen) atoms. The van der Waals surface area contributed by atoms with Gasteiger partial charge < -0.3 is 20.3 Å². The van der Waals surface area contributed by atoms with Crippen molar-refractivity contribution in [3.8, 4) is 0 Å². The molecule has 4 N–H and O–H groups in total. The van der Waals surface area contributed by atoms with E-state index in [2.05, 4.69) is 39.3 Å². The van der Waals surface area contributed by atoms with Crippen LogP contribution in [0.5, 0.6) is 0 Å². The van der Waals surface area contributed by atoms with Crippen molar-refractivity contribution in [2.24, 2.45) is 11.5 Å². The molecule has 1 aromatic rings. The van der Waals surface area contributed by atoms with E-state index in [1.165, 1.54) is 6.07 Å². The van der Waals surface area contributed by atoms with Gasteiger partial charge in [-0.15, -0.1) is 24.8 Å². The number of hydrogen-bond acceptors (Lipinski definition) is 4. The van der Waals surface area contributed by atoms with Gasteiger partial charge in [0.1, 0.15) is 5.82 Å². The first-order valence-electron chi connectivity index (χ1n) is 8.77. The van der Waals surface area contributed by atoms with Crippen molar-refractivity contribution in [3.05, 3.63) is 35.1 Å². The van der Waals surface area contributed by atoms with Crippen molar-refractivity contribution in [2.45, 2.75) is 64.3 Å². The first-order chi connectivity index (χ1) is 11.2. The molecule has 1 rings (SSSR count). The zero-order chi connectivity index (χ0) is 19.7. The van der Waals surface area contributed by atoms with Gasteiger partial charge in [0.25, 0.3) is 0 Å². The summed E-state index contributed by atoms with van der Waals surface area (Å²) in [6.45, 7) is 16.8. The van der Waals surface area contributed by atoms with Crippen LogP contribution < -0.4 is 11.5 Å². The fourth-order valence-corrected chi connectivity index (χ4v) is 6.15. The fraction of sp³-hybridized carbons (Fsp3) is 0.667. The molecule has 0 bridgehead atoms. The third-order valence-corrected chi connectivity index (χ3v) is 6.12. The smallest absolute Gasteiger partial charge is 0.185 e. The highest BCUT2D eigenvalue weighted by Gasteiger charge is 2.37. The van der Waals surface area contributed by atoms with Crippen LogP contribution >= 0.6 is 24.8 Å². The number of nitrogens with two attached hydrogens (primary N) is 2.